The second-order valence-corrected chi connectivity index (χ2v) is 4.29. The first-order valence-electron chi connectivity index (χ1n) is 6.13. The highest BCUT2D eigenvalue weighted by atomic mass is 19.1. The predicted octanol–water partition coefficient (Wildman–Crippen LogP) is 2.68. The fraction of sp³-hybridized carbons (Fsp3) is 0.133. The zero-order valence-electron chi connectivity index (χ0n) is 11.6. The number of methoxy groups -OCH3 is 2. The van der Waals surface area contributed by atoms with E-state index in [0.717, 1.165) is 6.07 Å². The van der Waals surface area contributed by atoms with Crippen molar-refractivity contribution in [1.82, 2.24) is 0 Å². The standard InChI is InChI=1S/C15H15FN2O3/c1-20-11-5-9(6-12(8-11)21-2)15(19)18-14-4-3-10(17)7-13(14)16/h3-8H,17H2,1-2H3,(H,18,19). The summed E-state index contributed by atoms with van der Waals surface area (Å²) < 4.78 is 23.8. The lowest BCUT2D eigenvalue weighted by molar-refractivity contribution is 0.102. The maximum Gasteiger partial charge on any atom is 0.256 e. The van der Waals surface area contributed by atoms with E-state index >= 15 is 0 Å². The van der Waals surface area contributed by atoms with Crippen molar-refractivity contribution in [1.29, 1.82) is 0 Å². The number of halogens is 1. The van der Waals surface area contributed by atoms with Crippen LogP contribution in [-0.4, -0.2) is 20.1 Å². The average Bonchev–Trinajstić information content (AvgIpc) is 2.49. The fourth-order valence-electron chi connectivity index (χ4n) is 1.77. The molecule has 0 saturated carbocycles. The lowest BCUT2D eigenvalue weighted by atomic mass is 10.1. The molecule has 5 nitrogen and oxygen atoms in total. The molecule has 0 spiro atoms. The van der Waals surface area contributed by atoms with E-state index in [1.807, 2.05) is 0 Å². The molecule has 0 aromatic heterocycles. The Bertz CT molecular complexity index is 652. The third kappa shape index (κ3) is 3.42. The van der Waals surface area contributed by atoms with Crippen molar-refractivity contribution in [2.24, 2.45) is 0 Å². The molecule has 0 radical (unpaired) electrons. The van der Waals surface area contributed by atoms with Gasteiger partial charge in [-0.15, -0.1) is 0 Å². The van der Waals surface area contributed by atoms with Gasteiger partial charge in [-0.25, -0.2) is 4.39 Å². The van der Waals surface area contributed by atoms with Gasteiger partial charge < -0.3 is 20.5 Å². The molecule has 6 heteroatoms. The Labute approximate surface area is 121 Å². The number of anilines is 2. The zero-order chi connectivity index (χ0) is 15.4. The van der Waals surface area contributed by atoms with Gasteiger partial charge in [0.25, 0.3) is 5.91 Å². The summed E-state index contributed by atoms with van der Waals surface area (Å²) in [5.74, 6) is -0.136. The molecular weight excluding hydrogens is 275 g/mol. The van der Waals surface area contributed by atoms with Crippen LogP contribution in [-0.2, 0) is 0 Å². The van der Waals surface area contributed by atoms with Crippen LogP contribution in [0.1, 0.15) is 10.4 Å². The monoisotopic (exact) mass is 290 g/mol. The number of carbonyl (C=O) groups is 1. The van der Waals surface area contributed by atoms with Crippen molar-refractivity contribution >= 4 is 17.3 Å². The summed E-state index contributed by atoms with van der Waals surface area (Å²) >= 11 is 0. The van der Waals surface area contributed by atoms with E-state index in [1.54, 1.807) is 6.07 Å². The maximum absolute atomic E-state index is 13.7. The normalized spacial score (nSPS) is 10.0. The molecule has 0 aliphatic heterocycles. The minimum Gasteiger partial charge on any atom is -0.497 e. The first kappa shape index (κ1) is 14.6. The first-order chi connectivity index (χ1) is 10.0. The SMILES string of the molecule is COc1cc(OC)cc(C(=O)Nc2ccc(N)cc2F)c1. The van der Waals surface area contributed by atoms with Crippen molar-refractivity contribution in [2.45, 2.75) is 0 Å². The van der Waals surface area contributed by atoms with Crippen LogP contribution in [0.4, 0.5) is 15.8 Å². The van der Waals surface area contributed by atoms with Gasteiger partial charge in [0.15, 0.2) is 0 Å². The highest BCUT2D eigenvalue weighted by molar-refractivity contribution is 6.04. The van der Waals surface area contributed by atoms with Crippen molar-refractivity contribution in [3.63, 3.8) is 0 Å². The topological polar surface area (TPSA) is 73.6 Å². The van der Waals surface area contributed by atoms with Gasteiger partial charge in [0, 0.05) is 17.3 Å². The number of ether oxygens (including phenoxy) is 2. The van der Waals surface area contributed by atoms with E-state index in [2.05, 4.69) is 5.32 Å². The second-order valence-electron chi connectivity index (χ2n) is 4.29. The number of amides is 1. The van der Waals surface area contributed by atoms with Crippen LogP contribution in [0.2, 0.25) is 0 Å². The predicted molar refractivity (Wildman–Crippen MR) is 78.3 cm³/mol. The molecule has 0 saturated heterocycles. The molecule has 1 amide bonds. The third-order valence-electron chi connectivity index (χ3n) is 2.85. The molecule has 0 atom stereocenters. The van der Waals surface area contributed by atoms with Gasteiger partial charge in [-0.1, -0.05) is 0 Å². The molecule has 0 bridgehead atoms. The van der Waals surface area contributed by atoms with Gasteiger partial charge in [0.2, 0.25) is 0 Å². The summed E-state index contributed by atoms with van der Waals surface area (Å²) in [4.78, 5) is 12.2. The number of hydrogen-bond donors (Lipinski definition) is 2. The summed E-state index contributed by atoms with van der Waals surface area (Å²) in [6, 6.07) is 8.76. The van der Waals surface area contributed by atoms with E-state index in [0.29, 0.717) is 17.1 Å². The smallest absolute Gasteiger partial charge is 0.256 e. The summed E-state index contributed by atoms with van der Waals surface area (Å²) in [7, 11) is 2.96. The van der Waals surface area contributed by atoms with Gasteiger partial charge in [-0.3, -0.25) is 4.79 Å². The van der Waals surface area contributed by atoms with Gasteiger partial charge >= 0.3 is 0 Å². The largest absolute Gasteiger partial charge is 0.497 e. The van der Waals surface area contributed by atoms with Gasteiger partial charge in [0.1, 0.15) is 17.3 Å². The van der Waals surface area contributed by atoms with Gasteiger partial charge in [-0.05, 0) is 30.3 Å². The van der Waals surface area contributed by atoms with E-state index < -0.39 is 11.7 Å². The summed E-state index contributed by atoms with van der Waals surface area (Å²) in [6.07, 6.45) is 0. The molecule has 0 heterocycles. The number of nitrogens with one attached hydrogen (secondary N) is 1. The quantitative estimate of drug-likeness (QED) is 0.849. The van der Waals surface area contributed by atoms with Crippen LogP contribution in [0.3, 0.4) is 0 Å². The Morgan fingerprint density at radius 3 is 2.24 bits per heavy atom. The van der Waals surface area contributed by atoms with E-state index in [4.69, 9.17) is 15.2 Å². The Balaban J connectivity index is 2.27. The van der Waals surface area contributed by atoms with Crippen molar-refractivity contribution in [2.75, 3.05) is 25.3 Å². The molecule has 110 valence electrons. The van der Waals surface area contributed by atoms with Crippen LogP contribution in [0.15, 0.2) is 36.4 Å². The van der Waals surface area contributed by atoms with Crippen molar-refractivity contribution in [3.05, 3.63) is 47.8 Å². The molecule has 0 aliphatic rings. The van der Waals surface area contributed by atoms with Crippen molar-refractivity contribution < 1.29 is 18.7 Å². The zero-order valence-corrected chi connectivity index (χ0v) is 11.6. The Morgan fingerprint density at radius 1 is 1.10 bits per heavy atom. The highest BCUT2D eigenvalue weighted by Gasteiger charge is 2.12. The number of hydrogen-bond acceptors (Lipinski definition) is 4. The Kier molecular flexibility index (Phi) is 4.27. The van der Waals surface area contributed by atoms with Gasteiger partial charge in [0.05, 0.1) is 19.9 Å². The summed E-state index contributed by atoms with van der Waals surface area (Å²) in [6.45, 7) is 0. The van der Waals surface area contributed by atoms with Crippen LogP contribution >= 0.6 is 0 Å². The molecule has 2 aromatic rings. The molecule has 2 rings (SSSR count). The van der Waals surface area contributed by atoms with Crippen LogP contribution in [0.25, 0.3) is 0 Å². The summed E-state index contributed by atoms with van der Waals surface area (Å²) in [5.41, 5.74) is 6.09. The molecular formula is C15H15FN2O3. The second kappa shape index (κ2) is 6.13. The molecule has 0 aliphatic carbocycles. The minimum atomic E-state index is -0.599. The number of nitrogens with two attached hydrogens (primary N) is 1. The average molecular weight is 290 g/mol. The lowest BCUT2D eigenvalue weighted by Crippen LogP contribution is -2.13. The maximum atomic E-state index is 13.7. The van der Waals surface area contributed by atoms with Crippen LogP contribution < -0.4 is 20.5 Å². The third-order valence-corrected chi connectivity index (χ3v) is 2.85. The number of benzene rings is 2. The first-order valence-corrected chi connectivity index (χ1v) is 6.13. The van der Waals surface area contributed by atoms with Crippen molar-refractivity contribution in [3.8, 4) is 11.5 Å². The summed E-state index contributed by atoms with van der Waals surface area (Å²) in [5, 5.41) is 2.48. The lowest BCUT2D eigenvalue weighted by Gasteiger charge is -2.10. The highest BCUT2D eigenvalue weighted by Crippen LogP contribution is 2.24. The number of rotatable bonds is 4. The van der Waals surface area contributed by atoms with Crippen LogP contribution in [0, 0.1) is 5.82 Å². The van der Waals surface area contributed by atoms with Crippen LogP contribution in [0.5, 0.6) is 11.5 Å². The number of carbonyl (C=O) groups excluding carboxylic acids is 1. The Morgan fingerprint density at radius 2 is 1.71 bits per heavy atom. The minimum absolute atomic E-state index is 0.0518. The van der Waals surface area contributed by atoms with E-state index in [-0.39, 0.29) is 11.4 Å². The molecule has 3 N–H and O–H groups in total. The fourth-order valence-corrected chi connectivity index (χ4v) is 1.77. The van der Waals surface area contributed by atoms with E-state index in [1.165, 1.54) is 38.5 Å². The van der Waals surface area contributed by atoms with E-state index in [9.17, 15) is 9.18 Å². The molecule has 2 aromatic carbocycles. The number of nitrogen functional groups attached to an aromatic ring is 1. The molecule has 0 fully saturated rings. The molecule has 21 heavy (non-hydrogen) atoms. The Hall–Kier alpha value is -2.76. The van der Waals surface area contributed by atoms with Gasteiger partial charge in [-0.2, -0.15) is 0 Å². The molecule has 0 unspecified atom stereocenters.